The van der Waals surface area contributed by atoms with Gasteiger partial charge in [-0.1, -0.05) is 0 Å². The molecule has 118 valence electrons. The van der Waals surface area contributed by atoms with Gasteiger partial charge in [0, 0.05) is 10.6 Å². The van der Waals surface area contributed by atoms with Gasteiger partial charge in [-0.15, -0.1) is 11.3 Å². The van der Waals surface area contributed by atoms with Crippen molar-refractivity contribution in [3.63, 3.8) is 0 Å². The number of ether oxygens (including phenoxy) is 1. The number of nitrogens with two attached hydrogens (primary N) is 1. The molecular formula is C19H20N2OS. The summed E-state index contributed by atoms with van der Waals surface area (Å²) >= 11 is 1.76. The fraction of sp³-hybridized carbons (Fsp3) is 0.316. The fourth-order valence-electron chi connectivity index (χ4n) is 3.41. The third kappa shape index (κ3) is 2.29. The molecule has 3 aromatic rings. The lowest BCUT2D eigenvalue weighted by atomic mass is 9.94. The molecule has 0 fully saturated rings. The van der Waals surface area contributed by atoms with Crippen LogP contribution in [0.3, 0.4) is 0 Å². The summed E-state index contributed by atoms with van der Waals surface area (Å²) in [5, 5.41) is 0. The lowest BCUT2D eigenvalue weighted by molar-refractivity contribution is 0.415. The highest BCUT2D eigenvalue weighted by molar-refractivity contribution is 7.23. The van der Waals surface area contributed by atoms with Crippen molar-refractivity contribution in [2.75, 3.05) is 12.8 Å². The predicted octanol–water partition coefficient (Wildman–Crippen LogP) is 4.74. The van der Waals surface area contributed by atoms with Crippen molar-refractivity contribution >= 4 is 27.2 Å². The summed E-state index contributed by atoms with van der Waals surface area (Å²) < 4.78 is 6.40. The fourth-order valence-corrected chi connectivity index (χ4v) is 4.65. The molecule has 4 rings (SSSR count). The average Bonchev–Trinajstić information content (AvgIpc) is 2.93. The van der Waals surface area contributed by atoms with E-state index in [1.807, 2.05) is 12.1 Å². The van der Waals surface area contributed by atoms with Gasteiger partial charge in [-0.05, 0) is 73.6 Å². The summed E-state index contributed by atoms with van der Waals surface area (Å²) in [7, 11) is 1.69. The van der Waals surface area contributed by atoms with E-state index in [2.05, 4.69) is 19.1 Å². The van der Waals surface area contributed by atoms with Crippen molar-refractivity contribution in [3.05, 3.63) is 41.1 Å². The molecule has 1 aliphatic carbocycles. The van der Waals surface area contributed by atoms with Gasteiger partial charge in [-0.3, -0.25) is 4.98 Å². The Kier molecular flexibility index (Phi) is 3.49. The molecule has 0 spiro atoms. The van der Waals surface area contributed by atoms with Gasteiger partial charge in [-0.25, -0.2) is 0 Å². The Labute approximate surface area is 140 Å². The van der Waals surface area contributed by atoms with E-state index in [1.165, 1.54) is 40.1 Å². The first kappa shape index (κ1) is 14.5. The molecule has 0 radical (unpaired) electrons. The number of aryl methyl sites for hydroxylation is 2. The number of benzene rings is 1. The second kappa shape index (κ2) is 5.53. The van der Waals surface area contributed by atoms with E-state index < -0.39 is 0 Å². The Morgan fingerprint density at radius 3 is 2.61 bits per heavy atom. The van der Waals surface area contributed by atoms with Crippen LogP contribution >= 0.6 is 11.3 Å². The standard InChI is InChI=1S/C19H20N2OS/c1-11-17-19(16(20)14-5-3-4-6-15(14)21-17)23-18(11)12-7-9-13(22-2)10-8-12/h7-10H,3-6H2,1-2H3,(H2,20,21). The summed E-state index contributed by atoms with van der Waals surface area (Å²) in [6.07, 6.45) is 4.57. The molecule has 0 saturated heterocycles. The molecule has 3 nitrogen and oxygen atoms in total. The molecule has 0 atom stereocenters. The van der Waals surface area contributed by atoms with E-state index in [0.29, 0.717) is 0 Å². The maximum Gasteiger partial charge on any atom is 0.118 e. The highest BCUT2D eigenvalue weighted by Gasteiger charge is 2.20. The average molecular weight is 324 g/mol. The zero-order chi connectivity index (χ0) is 16.0. The Hall–Kier alpha value is -2.07. The summed E-state index contributed by atoms with van der Waals surface area (Å²) in [6, 6.07) is 8.21. The SMILES string of the molecule is COc1ccc(-c2sc3c(N)c4c(nc3c2C)CCCC4)cc1. The molecule has 2 N–H and O–H groups in total. The number of fused-ring (bicyclic) bond motifs is 2. The van der Waals surface area contributed by atoms with Crippen LogP contribution in [0.2, 0.25) is 0 Å². The number of hydrogen-bond acceptors (Lipinski definition) is 4. The molecule has 0 bridgehead atoms. The number of rotatable bonds is 2. The third-order valence-electron chi connectivity index (χ3n) is 4.72. The Morgan fingerprint density at radius 1 is 1.13 bits per heavy atom. The highest BCUT2D eigenvalue weighted by Crippen LogP contribution is 2.42. The number of aromatic nitrogens is 1. The lowest BCUT2D eigenvalue weighted by Crippen LogP contribution is -2.08. The van der Waals surface area contributed by atoms with Crippen molar-refractivity contribution in [1.82, 2.24) is 4.98 Å². The van der Waals surface area contributed by atoms with Crippen LogP contribution in [0.25, 0.3) is 20.7 Å². The molecular weight excluding hydrogens is 304 g/mol. The van der Waals surface area contributed by atoms with Crippen molar-refractivity contribution in [3.8, 4) is 16.2 Å². The summed E-state index contributed by atoms with van der Waals surface area (Å²) in [6.45, 7) is 2.15. The van der Waals surface area contributed by atoms with E-state index in [1.54, 1.807) is 18.4 Å². The molecule has 0 aliphatic heterocycles. The molecule has 4 heteroatoms. The van der Waals surface area contributed by atoms with Gasteiger partial charge in [-0.2, -0.15) is 0 Å². The van der Waals surface area contributed by atoms with Crippen LogP contribution < -0.4 is 10.5 Å². The molecule has 1 aromatic carbocycles. The number of thiophene rings is 1. The van der Waals surface area contributed by atoms with Gasteiger partial charge >= 0.3 is 0 Å². The van der Waals surface area contributed by atoms with Crippen LogP contribution in [0.15, 0.2) is 24.3 Å². The Balaban J connectivity index is 1.91. The van der Waals surface area contributed by atoms with Gasteiger partial charge in [0.1, 0.15) is 5.75 Å². The van der Waals surface area contributed by atoms with Gasteiger partial charge in [0.05, 0.1) is 23.0 Å². The van der Waals surface area contributed by atoms with Gasteiger partial charge in [0.25, 0.3) is 0 Å². The Bertz CT molecular complexity index is 881. The van der Waals surface area contributed by atoms with Crippen LogP contribution in [-0.4, -0.2) is 12.1 Å². The number of methoxy groups -OCH3 is 1. The molecule has 23 heavy (non-hydrogen) atoms. The number of pyridine rings is 1. The molecule has 0 amide bonds. The first-order valence-corrected chi connectivity index (χ1v) is 8.85. The van der Waals surface area contributed by atoms with E-state index >= 15 is 0 Å². The second-order valence-electron chi connectivity index (χ2n) is 6.12. The molecule has 1 aliphatic rings. The topological polar surface area (TPSA) is 48.1 Å². The van der Waals surface area contributed by atoms with Crippen LogP contribution in [0.1, 0.15) is 29.7 Å². The molecule has 0 unspecified atom stereocenters. The van der Waals surface area contributed by atoms with Crippen LogP contribution in [0.4, 0.5) is 5.69 Å². The predicted molar refractivity (Wildman–Crippen MR) is 97.4 cm³/mol. The second-order valence-corrected chi connectivity index (χ2v) is 7.14. The molecule has 2 aromatic heterocycles. The smallest absolute Gasteiger partial charge is 0.118 e. The number of nitrogen functional groups attached to an aromatic ring is 1. The molecule has 2 heterocycles. The lowest BCUT2D eigenvalue weighted by Gasteiger charge is -2.17. The van der Waals surface area contributed by atoms with Crippen LogP contribution in [-0.2, 0) is 12.8 Å². The normalized spacial score (nSPS) is 14.0. The van der Waals surface area contributed by atoms with Gasteiger partial charge < -0.3 is 10.5 Å². The maximum absolute atomic E-state index is 6.50. The van der Waals surface area contributed by atoms with Crippen molar-refractivity contribution in [2.24, 2.45) is 0 Å². The van der Waals surface area contributed by atoms with Crippen molar-refractivity contribution < 1.29 is 4.74 Å². The molecule has 0 saturated carbocycles. The first-order chi connectivity index (χ1) is 11.2. The van der Waals surface area contributed by atoms with Crippen molar-refractivity contribution in [2.45, 2.75) is 32.6 Å². The monoisotopic (exact) mass is 324 g/mol. The first-order valence-electron chi connectivity index (χ1n) is 8.03. The summed E-state index contributed by atoms with van der Waals surface area (Å²) in [5.74, 6) is 0.876. The highest BCUT2D eigenvalue weighted by atomic mass is 32.1. The Morgan fingerprint density at radius 2 is 1.87 bits per heavy atom. The quantitative estimate of drug-likeness (QED) is 0.740. The van der Waals surface area contributed by atoms with E-state index in [4.69, 9.17) is 15.5 Å². The third-order valence-corrected chi connectivity index (χ3v) is 6.09. The van der Waals surface area contributed by atoms with Crippen molar-refractivity contribution in [1.29, 1.82) is 0 Å². The minimum absolute atomic E-state index is 0.876. The summed E-state index contributed by atoms with van der Waals surface area (Å²) in [4.78, 5) is 6.22. The van der Waals surface area contributed by atoms with E-state index in [-0.39, 0.29) is 0 Å². The van der Waals surface area contributed by atoms with Crippen LogP contribution in [0, 0.1) is 6.92 Å². The minimum Gasteiger partial charge on any atom is -0.497 e. The number of anilines is 1. The van der Waals surface area contributed by atoms with E-state index in [9.17, 15) is 0 Å². The van der Waals surface area contributed by atoms with E-state index in [0.717, 1.165) is 34.5 Å². The van der Waals surface area contributed by atoms with Gasteiger partial charge in [0.15, 0.2) is 0 Å². The zero-order valence-corrected chi connectivity index (χ0v) is 14.3. The van der Waals surface area contributed by atoms with Gasteiger partial charge in [0.2, 0.25) is 0 Å². The van der Waals surface area contributed by atoms with Crippen LogP contribution in [0.5, 0.6) is 5.75 Å². The number of nitrogens with zero attached hydrogens (tertiary/aromatic N) is 1. The summed E-state index contributed by atoms with van der Waals surface area (Å²) in [5.41, 5.74) is 13.5. The number of hydrogen-bond donors (Lipinski definition) is 1. The minimum atomic E-state index is 0.876. The largest absolute Gasteiger partial charge is 0.497 e. The maximum atomic E-state index is 6.50. The zero-order valence-electron chi connectivity index (χ0n) is 13.5.